The zero-order valence-electron chi connectivity index (χ0n) is 12.4. The largest absolute Gasteiger partial charge is 0.339 e. The van der Waals surface area contributed by atoms with E-state index in [0.29, 0.717) is 19.6 Å². The minimum atomic E-state index is -0.336. The Balaban J connectivity index is 2.25. The van der Waals surface area contributed by atoms with Gasteiger partial charge in [0.1, 0.15) is 0 Å². The van der Waals surface area contributed by atoms with Crippen molar-refractivity contribution in [2.75, 3.05) is 19.6 Å². The van der Waals surface area contributed by atoms with Gasteiger partial charge in [0.15, 0.2) is 0 Å². The number of piperazine rings is 1. The third-order valence-electron chi connectivity index (χ3n) is 4.03. The van der Waals surface area contributed by atoms with E-state index in [9.17, 15) is 9.59 Å². The molecule has 0 spiro atoms. The zero-order chi connectivity index (χ0) is 14.8. The van der Waals surface area contributed by atoms with Gasteiger partial charge >= 0.3 is 0 Å². The first-order chi connectivity index (χ1) is 9.42. The van der Waals surface area contributed by atoms with Crippen molar-refractivity contribution in [2.24, 2.45) is 0 Å². The van der Waals surface area contributed by atoms with Crippen LogP contribution >= 0.6 is 0 Å². The van der Waals surface area contributed by atoms with E-state index in [0.717, 1.165) is 6.42 Å². The number of hydrogen-bond donors (Lipinski definition) is 0. The van der Waals surface area contributed by atoms with Gasteiger partial charge in [-0.15, -0.1) is 0 Å². The van der Waals surface area contributed by atoms with Crippen LogP contribution in [-0.2, 0) is 16.0 Å². The minimum Gasteiger partial charge on any atom is -0.339 e. The summed E-state index contributed by atoms with van der Waals surface area (Å²) in [6, 6.07) is 10.1. The molecule has 2 rings (SSSR count). The zero-order valence-corrected chi connectivity index (χ0v) is 12.4. The van der Waals surface area contributed by atoms with E-state index in [2.05, 4.69) is 19.1 Å². The molecule has 108 valence electrons. The van der Waals surface area contributed by atoms with Crippen LogP contribution in [0.3, 0.4) is 0 Å². The standard InChI is InChI=1S/C16H22N2O2/c1-13(19)17-9-10-18(14(2)20)16(3,12-17)11-15-7-5-4-6-8-15/h4-8H,9-12H2,1-3H3. The lowest BCUT2D eigenvalue weighted by atomic mass is 9.88. The van der Waals surface area contributed by atoms with Crippen molar-refractivity contribution in [2.45, 2.75) is 32.7 Å². The molecule has 0 saturated carbocycles. The molecule has 1 aromatic carbocycles. The predicted octanol–water partition coefficient (Wildman–Crippen LogP) is 1.70. The molecule has 4 nitrogen and oxygen atoms in total. The number of carbonyl (C=O) groups is 2. The Bertz CT molecular complexity index is 500. The van der Waals surface area contributed by atoms with Crippen LogP contribution in [0.5, 0.6) is 0 Å². The Morgan fingerprint density at radius 1 is 1.10 bits per heavy atom. The van der Waals surface area contributed by atoms with Crippen molar-refractivity contribution >= 4 is 11.8 Å². The SMILES string of the molecule is CC(=O)N1CCN(C(C)=O)C(C)(Cc2ccccc2)C1. The van der Waals surface area contributed by atoms with Gasteiger partial charge in [-0.3, -0.25) is 9.59 Å². The maximum absolute atomic E-state index is 11.9. The van der Waals surface area contributed by atoms with Gasteiger partial charge in [-0.05, 0) is 18.9 Å². The molecule has 0 aliphatic carbocycles. The van der Waals surface area contributed by atoms with Crippen molar-refractivity contribution in [1.29, 1.82) is 0 Å². The Labute approximate surface area is 120 Å². The van der Waals surface area contributed by atoms with Gasteiger partial charge in [-0.1, -0.05) is 30.3 Å². The van der Waals surface area contributed by atoms with E-state index in [1.54, 1.807) is 13.8 Å². The minimum absolute atomic E-state index is 0.0756. The number of nitrogens with zero attached hydrogens (tertiary/aromatic N) is 2. The van der Waals surface area contributed by atoms with Crippen molar-refractivity contribution in [3.63, 3.8) is 0 Å². The van der Waals surface area contributed by atoms with Crippen LogP contribution in [0.4, 0.5) is 0 Å². The third-order valence-corrected chi connectivity index (χ3v) is 4.03. The van der Waals surface area contributed by atoms with Gasteiger partial charge in [0.05, 0.1) is 5.54 Å². The molecule has 0 bridgehead atoms. The lowest BCUT2D eigenvalue weighted by Gasteiger charge is -2.48. The van der Waals surface area contributed by atoms with Crippen molar-refractivity contribution in [3.05, 3.63) is 35.9 Å². The topological polar surface area (TPSA) is 40.6 Å². The summed E-state index contributed by atoms with van der Waals surface area (Å²) in [4.78, 5) is 27.3. The van der Waals surface area contributed by atoms with Crippen molar-refractivity contribution in [3.8, 4) is 0 Å². The van der Waals surface area contributed by atoms with Crippen molar-refractivity contribution < 1.29 is 9.59 Å². The van der Waals surface area contributed by atoms with Crippen LogP contribution in [0.1, 0.15) is 26.3 Å². The molecule has 0 N–H and O–H groups in total. The molecule has 1 unspecified atom stereocenters. The average Bonchev–Trinajstić information content (AvgIpc) is 2.38. The molecule has 1 fully saturated rings. The molecule has 4 heteroatoms. The molecule has 0 aromatic heterocycles. The van der Waals surface area contributed by atoms with E-state index >= 15 is 0 Å². The van der Waals surface area contributed by atoms with Crippen LogP contribution in [0, 0.1) is 0 Å². The Morgan fingerprint density at radius 3 is 2.30 bits per heavy atom. The summed E-state index contributed by atoms with van der Waals surface area (Å²) in [7, 11) is 0. The molecule has 20 heavy (non-hydrogen) atoms. The molecule has 1 atom stereocenters. The second kappa shape index (κ2) is 5.65. The number of amides is 2. The number of rotatable bonds is 2. The highest BCUT2D eigenvalue weighted by Crippen LogP contribution is 2.26. The second-order valence-electron chi connectivity index (χ2n) is 5.77. The Kier molecular flexibility index (Phi) is 4.12. The smallest absolute Gasteiger partial charge is 0.220 e. The number of carbonyl (C=O) groups excluding carboxylic acids is 2. The van der Waals surface area contributed by atoms with Crippen LogP contribution in [-0.4, -0.2) is 46.8 Å². The van der Waals surface area contributed by atoms with Gasteiger partial charge in [-0.2, -0.15) is 0 Å². The lowest BCUT2D eigenvalue weighted by molar-refractivity contribution is -0.146. The summed E-state index contributed by atoms with van der Waals surface area (Å²) in [5.41, 5.74) is 0.851. The first kappa shape index (κ1) is 14.6. The summed E-state index contributed by atoms with van der Waals surface area (Å²) < 4.78 is 0. The quantitative estimate of drug-likeness (QED) is 0.823. The van der Waals surface area contributed by atoms with E-state index in [1.165, 1.54) is 5.56 Å². The van der Waals surface area contributed by atoms with Crippen LogP contribution < -0.4 is 0 Å². The molecule has 1 saturated heterocycles. The molecule has 0 radical (unpaired) electrons. The van der Waals surface area contributed by atoms with Crippen molar-refractivity contribution in [1.82, 2.24) is 9.80 Å². The third kappa shape index (κ3) is 3.00. The summed E-state index contributed by atoms with van der Waals surface area (Å²) in [5.74, 6) is 0.152. The average molecular weight is 274 g/mol. The Morgan fingerprint density at radius 2 is 1.75 bits per heavy atom. The van der Waals surface area contributed by atoms with Gasteiger partial charge in [-0.25, -0.2) is 0 Å². The fourth-order valence-corrected chi connectivity index (χ4v) is 3.06. The fourth-order valence-electron chi connectivity index (χ4n) is 3.06. The molecule has 1 aliphatic rings. The first-order valence-electron chi connectivity index (χ1n) is 7.00. The van der Waals surface area contributed by atoms with E-state index in [4.69, 9.17) is 0 Å². The lowest BCUT2D eigenvalue weighted by Crippen LogP contribution is -2.63. The molecule has 2 amide bonds. The highest BCUT2D eigenvalue weighted by atomic mass is 16.2. The van der Waals surface area contributed by atoms with Crippen LogP contribution in [0.25, 0.3) is 0 Å². The summed E-state index contributed by atoms with van der Waals surface area (Å²) in [6.07, 6.45) is 0.761. The monoisotopic (exact) mass is 274 g/mol. The van der Waals surface area contributed by atoms with Crippen LogP contribution in [0.2, 0.25) is 0 Å². The summed E-state index contributed by atoms with van der Waals surface area (Å²) in [5, 5.41) is 0. The fraction of sp³-hybridized carbons (Fsp3) is 0.500. The Hall–Kier alpha value is -1.84. The van der Waals surface area contributed by atoms with Gasteiger partial charge in [0.25, 0.3) is 0 Å². The van der Waals surface area contributed by atoms with Crippen LogP contribution in [0.15, 0.2) is 30.3 Å². The normalized spacial score (nSPS) is 22.8. The number of hydrogen-bond acceptors (Lipinski definition) is 2. The first-order valence-corrected chi connectivity index (χ1v) is 7.00. The molecule has 1 aromatic rings. The molecule has 1 heterocycles. The van der Waals surface area contributed by atoms with Gasteiger partial charge in [0.2, 0.25) is 11.8 Å². The van der Waals surface area contributed by atoms with Gasteiger partial charge < -0.3 is 9.80 Å². The maximum atomic E-state index is 11.9. The highest BCUT2D eigenvalue weighted by Gasteiger charge is 2.39. The predicted molar refractivity (Wildman–Crippen MR) is 78.2 cm³/mol. The highest BCUT2D eigenvalue weighted by molar-refractivity contribution is 5.76. The number of benzene rings is 1. The molecular formula is C16H22N2O2. The second-order valence-corrected chi connectivity index (χ2v) is 5.77. The van der Waals surface area contributed by atoms with E-state index in [-0.39, 0.29) is 17.4 Å². The summed E-state index contributed by atoms with van der Waals surface area (Å²) in [6.45, 7) is 7.09. The molecule has 1 aliphatic heterocycles. The van der Waals surface area contributed by atoms with E-state index in [1.807, 2.05) is 28.0 Å². The van der Waals surface area contributed by atoms with Gasteiger partial charge in [0, 0.05) is 33.5 Å². The maximum Gasteiger partial charge on any atom is 0.220 e. The van der Waals surface area contributed by atoms with E-state index < -0.39 is 0 Å². The summed E-state index contributed by atoms with van der Waals surface area (Å²) >= 11 is 0. The molecular weight excluding hydrogens is 252 g/mol.